The highest BCUT2D eigenvalue weighted by atomic mass is 16.5. The van der Waals surface area contributed by atoms with Crippen molar-refractivity contribution in [2.75, 3.05) is 32.8 Å². The molecule has 1 fully saturated rings. The van der Waals surface area contributed by atoms with Crippen LogP contribution < -0.4 is 0 Å². The zero-order chi connectivity index (χ0) is 18.8. The van der Waals surface area contributed by atoms with Crippen LogP contribution in [0.3, 0.4) is 0 Å². The van der Waals surface area contributed by atoms with Crippen LogP contribution in [0.5, 0.6) is 0 Å². The average Bonchev–Trinajstić information content (AvgIpc) is 3.28. The summed E-state index contributed by atoms with van der Waals surface area (Å²) in [6.45, 7) is 9.01. The van der Waals surface area contributed by atoms with Crippen LogP contribution >= 0.6 is 0 Å². The monoisotopic (exact) mass is 365 g/mol. The second kappa shape index (κ2) is 7.66. The van der Waals surface area contributed by atoms with E-state index >= 15 is 0 Å². The first kappa shape index (κ1) is 17.9. The minimum Gasteiger partial charge on any atom is -0.379 e. The lowest BCUT2D eigenvalue weighted by Crippen LogP contribution is -2.39. The molecule has 0 N–H and O–H groups in total. The number of hydrogen-bond acceptors (Lipinski definition) is 4. The highest BCUT2D eigenvalue weighted by Crippen LogP contribution is 2.35. The summed E-state index contributed by atoms with van der Waals surface area (Å²) in [5, 5.41) is 4.80. The van der Waals surface area contributed by atoms with Gasteiger partial charge in [-0.25, -0.2) is 4.98 Å². The summed E-state index contributed by atoms with van der Waals surface area (Å²) in [5.41, 5.74) is 5.57. The van der Waals surface area contributed by atoms with Gasteiger partial charge in [0.2, 0.25) is 0 Å². The van der Waals surface area contributed by atoms with Gasteiger partial charge in [0.15, 0.2) is 0 Å². The molecule has 3 heterocycles. The zero-order valence-electron chi connectivity index (χ0n) is 16.3. The van der Waals surface area contributed by atoms with Crippen molar-refractivity contribution in [3.05, 3.63) is 48.5 Å². The van der Waals surface area contributed by atoms with Crippen molar-refractivity contribution >= 4 is 0 Å². The minimum atomic E-state index is 0.323. The molecule has 1 atom stereocenters. The van der Waals surface area contributed by atoms with Crippen LogP contribution in [-0.2, 0) is 11.8 Å². The molecule has 2 aromatic heterocycles. The summed E-state index contributed by atoms with van der Waals surface area (Å²) in [6.07, 6.45) is 3.91. The molecule has 27 heavy (non-hydrogen) atoms. The first-order chi connectivity index (χ1) is 13.1. The lowest BCUT2D eigenvalue weighted by Gasteiger charge is -2.30. The van der Waals surface area contributed by atoms with E-state index in [0.29, 0.717) is 6.04 Å². The Labute approximate surface area is 160 Å². The van der Waals surface area contributed by atoms with Gasteiger partial charge in [0, 0.05) is 49.5 Å². The second-order valence-corrected chi connectivity index (χ2v) is 7.25. The summed E-state index contributed by atoms with van der Waals surface area (Å²) in [6, 6.07) is 10.7. The minimum absolute atomic E-state index is 0.323. The predicted octanol–water partition coefficient (Wildman–Crippen LogP) is 3.15. The Balaban J connectivity index is 1.70. The number of aryl methyl sites for hydroxylation is 1. The van der Waals surface area contributed by atoms with Crippen LogP contribution in [0.2, 0.25) is 0 Å². The molecular formula is C21H27N5O. The molecule has 0 aliphatic carbocycles. The van der Waals surface area contributed by atoms with Crippen LogP contribution in [0.4, 0.5) is 0 Å². The number of ether oxygens (including phenoxy) is 1. The van der Waals surface area contributed by atoms with Gasteiger partial charge in [-0.3, -0.25) is 9.58 Å². The third-order valence-electron chi connectivity index (χ3n) is 5.40. The van der Waals surface area contributed by atoms with Crippen molar-refractivity contribution in [3.63, 3.8) is 0 Å². The van der Waals surface area contributed by atoms with Crippen molar-refractivity contribution in [3.8, 4) is 22.5 Å². The van der Waals surface area contributed by atoms with E-state index in [4.69, 9.17) is 9.84 Å². The Morgan fingerprint density at radius 3 is 2.63 bits per heavy atom. The molecule has 1 aliphatic heterocycles. The lowest BCUT2D eigenvalue weighted by atomic mass is 10.0. The van der Waals surface area contributed by atoms with Crippen molar-refractivity contribution in [2.24, 2.45) is 7.05 Å². The molecule has 1 saturated heterocycles. The predicted molar refractivity (Wildman–Crippen MR) is 107 cm³/mol. The van der Waals surface area contributed by atoms with Crippen LogP contribution in [0.1, 0.15) is 18.7 Å². The summed E-state index contributed by atoms with van der Waals surface area (Å²) in [4.78, 5) is 6.94. The first-order valence-corrected chi connectivity index (χ1v) is 9.56. The zero-order valence-corrected chi connectivity index (χ0v) is 16.3. The summed E-state index contributed by atoms with van der Waals surface area (Å²) in [5.74, 6) is 0. The number of nitrogens with zero attached hydrogens (tertiary/aromatic N) is 5. The van der Waals surface area contributed by atoms with Gasteiger partial charge in [0.1, 0.15) is 5.69 Å². The van der Waals surface area contributed by atoms with Gasteiger partial charge in [0.05, 0.1) is 31.4 Å². The van der Waals surface area contributed by atoms with E-state index in [1.54, 1.807) is 0 Å². The van der Waals surface area contributed by atoms with E-state index in [-0.39, 0.29) is 0 Å². The van der Waals surface area contributed by atoms with Crippen LogP contribution in [0, 0.1) is 6.92 Å². The number of rotatable bonds is 5. The van der Waals surface area contributed by atoms with Gasteiger partial charge < -0.3 is 9.30 Å². The van der Waals surface area contributed by atoms with Crippen LogP contribution in [-0.4, -0.2) is 57.1 Å². The van der Waals surface area contributed by atoms with Gasteiger partial charge in [-0.2, -0.15) is 5.10 Å². The Morgan fingerprint density at radius 2 is 1.89 bits per heavy atom. The smallest absolute Gasteiger partial charge is 0.102 e. The van der Waals surface area contributed by atoms with E-state index in [1.807, 2.05) is 30.3 Å². The Bertz CT molecular complexity index is 893. The SMILES string of the molecule is Cc1c(-c2cncn2[C@H](C)CN2CCOCC2)c(-c2ccccc2)nn1C. The molecule has 1 aromatic carbocycles. The molecule has 6 nitrogen and oxygen atoms in total. The van der Waals surface area contributed by atoms with E-state index < -0.39 is 0 Å². The fourth-order valence-corrected chi connectivity index (χ4v) is 3.81. The third kappa shape index (κ3) is 3.55. The maximum Gasteiger partial charge on any atom is 0.102 e. The summed E-state index contributed by atoms with van der Waals surface area (Å²) >= 11 is 0. The van der Waals surface area contributed by atoms with Crippen molar-refractivity contribution in [1.29, 1.82) is 0 Å². The fourth-order valence-electron chi connectivity index (χ4n) is 3.81. The fraction of sp³-hybridized carbons (Fsp3) is 0.429. The molecule has 142 valence electrons. The van der Waals surface area contributed by atoms with E-state index in [0.717, 1.165) is 61.1 Å². The topological polar surface area (TPSA) is 48.1 Å². The summed E-state index contributed by atoms with van der Waals surface area (Å²) < 4.78 is 9.72. The first-order valence-electron chi connectivity index (χ1n) is 9.56. The molecule has 4 rings (SSSR count). The molecular weight excluding hydrogens is 338 g/mol. The second-order valence-electron chi connectivity index (χ2n) is 7.25. The standard InChI is InChI=1S/C21H27N5O/c1-16(14-25-9-11-27-12-10-25)26-15-22-13-19(26)20-17(2)24(3)23-21(20)18-7-5-4-6-8-18/h4-8,13,15-16H,9-12,14H2,1-3H3/t16-/m1/s1. The van der Waals surface area contributed by atoms with Gasteiger partial charge in [0.25, 0.3) is 0 Å². The molecule has 0 unspecified atom stereocenters. The van der Waals surface area contributed by atoms with Crippen LogP contribution in [0.15, 0.2) is 42.9 Å². The molecule has 0 spiro atoms. The largest absolute Gasteiger partial charge is 0.379 e. The van der Waals surface area contributed by atoms with E-state index in [2.05, 4.69) is 52.6 Å². The quantitative estimate of drug-likeness (QED) is 0.697. The normalized spacial score (nSPS) is 16.6. The Kier molecular flexibility index (Phi) is 5.09. The third-order valence-corrected chi connectivity index (χ3v) is 5.40. The van der Waals surface area contributed by atoms with Crippen molar-refractivity contribution in [2.45, 2.75) is 19.9 Å². The van der Waals surface area contributed by atoms with Gasteiger partial charge >= 0.3 is 0 Å². The Morgan fingerprint density at radius 1 is 1.15 bits per heavy atom. The van der Waals surface area contributed by atoms with E-state index in [1.165, 1.54) is 0 Å². The highest BCUT2D eigenvalue weighted by molar-refractivity contribution is 5.81. The molecule has 3 aromatic rings. The van der Waals surface area contributed by atoms with Crippen LogP contribution in [0.25, 0.3) is 22.5 Å². The number of hydrogen-bond donors (Lipinski definition) is 0. The molecule has 0 radical (unpaired) electrons. The molecule has 0 bridgehead atoms. The number of aromatic nitrogens is 4. The number of morpholine rings is 1. The van der Waals surface area contributed by atoms with Gasteiger partial charge in [-0.15, -0.1) is 0 Å². The molecule has 1 aliphatic rings. The highest BCUT2D eigenvalue weighted by Gasteiger charge is 2.22. The van der Waals surface area contributed by atoms with Crippen molar-refractivity contribution < 1.29 is 4.74 Å². The van der Waals surface area contributed by atoms with Gasteiger partial charge in [-0.05, 0) is 13.8 Å². The maximum absolute atomic E-state index is 5.48. The average molecular weight is 365 g/mol. The number of benzene rings is 1. The maximum atomic E-state index is 5.48. The Hall–Kier alpha value is -2.44. The van der Waals surface area contributed by atoms with Crippen molar-refractivity contribution in [1.82, 2.24) is 24.2 Å². The molecule has 6 heteroatoms. The van der Waals surface area contributed by atoms with E-state index in [9.17, 15) is 0 Å². The molecule has 0 saturated carbocycles. The number of imidazole rings is 1. The lowest BCUT2D eigenvalue weighted by molar-refractivity contribution is 0.0326. The summed E-state index contributed by atoms with van der Waals surface area (Å²) in [7, 11) is 2.00. The molecule has 0 amide bonds. The van der Waals surface area contributed by atoms with Gasteiger partial charge in [-0.1, -0.05) is 30.3 Å².